The fourth-order valence-corrected chi connectivity index (χ4v) is 3.14. The molecule has 4 N–H and O–H groups in total. The van der Waals surface area contributed by atoms with E-state index in [1.165, 1.54) is 0 Å². The minimum atomic E-state index is -3.17. The predicted octanol–water partition coefficient (Wildman–Crippen LogP) is -0.0232. The number of aromatic nitrogens is 4. The minimum absolute atomic E-state index is 0.0691. The van der Waals surface area contributed by atoms with Gasteiger partial charge < -0.3 is 9.84 Å². The fraction of sp³-hybridized carbons (Fsp3) is 0.571. The number of nitrogens with one attached hydrogen (secondary N) is 2. The summed E-state index contributed by atoms with van der Waals surface area (Å²) in [5, 5.41) is 11.7. The van der Waals surface area contributed by atoms with Crippen molar-refractivity contribution in [2.24, 2.45) is 5.92 Å². The molecule has 1 aliphatic heterocycles. The van der Waals surface area contributed by atoms with Crippen LogP contribution in [0.25, 0.3) is 11.2 Å². The summed E-state index contributed by atoms with van der Waals surface area (Å²) >= 11 is 0. The van der Waals surface area contributed by atoms with Gasteiger partial charge in [0, 0.05) is 10.5 Å². The van der Waals surface area contributed by atoms with Crippen molar-refractivity contribution in [3.63, 3.8) is 0 Å². The zero-order valence-corrected chi connectivity index (χ0v) is 15.7. The van der Waals surface area contributed by atoms with Gasteiger partial charge in [-0.3, -0.25) is 24.5 Å². The van der Waals surface area contributed by atoms with Gasteiger partial charge in [-0.2, -0.15) is 4.98 Å². The molecule has 0 aromatic carbocycles. The molecule has 3 unspecified atom stereocenters. The van der Waals surface area contributed by atoms with Crippen LogP contribution in [0.2, 0.25) is 0 Å². The SMILES string of the molecule is CC(C)C(=O)Nc1nc2c(ncn2C2O[C@H](CO)[C@H](F)C2O[P+](=O)O)c(=O)[nH]1. The van der Waals surface area contributed by atoms with Gasteiger partial charge in [-0.1, -0.05) is 13.8 Å². The quantitative estimate of drug-likeness (QED) is 0.471. The number of aliphatic hydroxyl groups is 1. The van der Waals surface area contributed by atoms with Crippen LogP contribution in [0.1, 0.15) is 20.1 Å². The molecule has 3 rings (SSSR count). The average molecular weight is 418 g/mol. The summed E-state index contributed by atoms with van der Waals surface area (Å²) in [7, 11) is -3.17. The highest BCUT2D eigenvalue weighted by molar-refractivity contribution is 7.32. The lowest BCUT2D eigenvalue weighted by Gasteiger charge is -2.16. The molecule has 0 bridgehead atoms. The Morgan fingerprint density at radius 1 is 1.57 bits per heavy atom. The summed E-state index contributed by atoms with van der Waals surface area (Å²) in [4.78, 5) is 43.5. The topological polar surface area (TPSA) is 169 Å². The van der Waals surface area contributed by atoms with Gasteiger partial charge in [0.25, 0.3) is 5.56 Å². The number of hydrogen-bond donors (Lipinski definition) is 4. The van der Waals surface area contributed by atoms with E-state index in [1.807, 2.05) is 0 Å². The molecule has 3 heterocycles. The third kappa shape index (κ3) is 3.80. The Balaban J connectivity index is 2.04. The Kier molecular flexibility index (Phi) is 5.82. The van der Waals surface area contributed by atoms with Gasteiger partial charge in [0.05, 0.1) is 12.9 Å². The summed E-state index contributed by atoms with van der Waals surface area (Å²) in [6.07, 6.45) is -4.99. The Hall–Kier alpha value is -2.31. The molecule has 1 fully saturated rings. The first-order valence-electron chi connectivity index (χ1n) is 8.24. The molecule has 2 aromatic heterocycles. The summed E-state index contributed by atoms with van der Waals surface area (Å²) in [6, 6.07) is 0. The van der Waals surface area contributed by atoms with Crippen LogP contribution in [0.5, 0.6) is 0 Å². The molecule has 12 nitrogen and oxygen atoms in total. The molecular weight excluding hydrogens is 400 g/mol. The Bertz CT molecular complexity index is 963. The van der Waals surface area contributed by atoms with E-state index < -0.39 is 50.9 Å². The number of nitrogens with zero attached hydrogens (tertiary/aromatic N) is 3. The summed E-state index contributed by atoms with van der Waals surface area (Å²) in [6.45, 7) is 2.60. The number of carbonyl (C=O) groups excluding carboxylic acids is 1. The zero-order valence-electron chi connectivity index (χ0n) is 14.8. The highest BCUT2D eigenvalue weighted by atomic mass is 31.1. The van der Waals surface area contributed by atoms with E-state index in [9.17, 15) is 23.7 Å². The van der Waals surface area contributed by atoms with Crippen LogP contribution in [-0.2, 0) is 18.6 Å². The molecule has 0 aliphatic carbocycles. The lowest BCUT2D eigenvalue weighted by molar-refractivity contribution is -0.118. The van der Waals surface area contributed by atoms with Crippen LogP contribution in [-0.4, -0.2) is 60.4 Å². The van der Waals surface area contributed by atoms with Crippen LogP contribution in [0.4, 0.5) is 10.3 Å². The summed E-state index contributed by atoms with van der Waals surface area (Å²) in [5.41, 5.74) is -0.858. The molecule has 152 valence electrons. The van der Waals surface area contributed by atoms with Gasteiger partial charge >= 0.3 is 8.25 Å². The molecular formula is C14H18FN5O7P+. The number of anilines is 1. The van der Waals surface area contributed by atoms with Crippen molar-refractivity contribution in [2.75, 3.05) is 11.9 Å². The number of aliphatic hydroxyl groups excluding tert-OH is 1. The van der Waals surface area contributed by atoms with Crippen molar-refractivity contribution in [3.05, 3.63) is 16.7 Å². The van der Waals surface area contributed by atoms with Crippen molar-refractivity contribution in [1.82, 2.24) is 19.5 Å². The van der Waals surface area contributed by atoms with Gasteiger partial charge in [0.15, 0.2) is 29.7 Å². The zero-order chi connectivity index (χ0) is 20.6. The van der Waals surface area contributed by atoms with Crippen molar-refractivity contribution >= 4 is 31.3 Å². The average Bonchev–Trinajstić information content (AvgIpc) is 3.16. The van der Waals surface area contributed by atoms with E-state index in [-0.39, 0.29) is 23.0 Å². The highest BCUT2D eigenvalue weighted by Crippen LogP contribution is 2.39. The Morgan fingerprint density at radius 2 is 2.29 bits per heavy atom. The van der Waals surface area contributed by atoms with Crippen molar-refractivity contribution < 1.29 is 33.0 Å². The lowest BCUT2D eigenvalue weighted by Crippen LogP contribution is -2.30. The number of aromatic amines is 1. The molecule has 1 saturated heterocycles. The molecule has 2 aromatic rings. The third-order valence-corrected chi connectivity index (χ3v) is 4.55. The molecule has 28 heavy (non-hydrogen) atoms. The minimum Gasteiger partial charge on any atom is -0.394 e. The maximum Gasteiger partial charge on any atom is 0.695 e. The number of alkyl halides is 1. The van der Waals surface area contributed by atoms with Crippen molar-refractivity contribution in [2.45, 2.75) is 38.5 Å². The highest BCUT2D eigenvalue weighted by Gasteiger charge is 2.51. The Labute approximate surface area is 157 Å². The van der Waals surface area contributed by atoms with E-state index >= 15 is 0 Å². The van der Waals surface area contributed by atoms with Crippen LogP contribution >= 0.6 is 8.25 Å². The third-order valence-electron chi connectivity index (χ3n) is 4.13. The van der Waals surface area contributed by atoms with Gasteiger partial charge in [0.1, 0.15) is 6.10 Å². The molecule has 0 spiro atoms. The molecule has 0 radical (unpaired) electrons. The first kappa shape index (κ1) is 20.4. The Morgan fingerprint density at radius 3 is 2.89 bits per heavy atom. The van der Waals surface area contributed by atoms with Crippen molar-refractivity contribution in [1.29, 1.82) is 0 Å². The molecule has 14 heteroatoms. The number of fused-ring (bicyclic) bond motifs is 1. The summed E-state index contributed by atoms with van der Waals surface area (Å²) in [5.74, 6) is -0.925. The van der Waals surface area contributed by atoms with Crippen molar-refractivity contribution in [3.8, 4) is 0 Å². The number of rotatable bonds is 6. The van der Waals surface area contributed by atoms with Crippen LogP contribution < -0.4 is 10.9 Å². The maximum absolute atomic E-state index is 14.4. The van der Waals surface area contributed by atoms with Crippen LogP contribution in [0.3, 0.4) is 0 Å². The van der Waals surface area contributed by atoms with Gasteiger partial charge in [0.2, 0.25) is 11.9 Å². The molecule has 1 aliphatic rings. The first-order chi connectivity index (χ1) is 13.2. The molecule has 0 saturated carbocycles. The number of hydrogen-bond acceptors (Lipinski definition) is 8. The van der Waals surface area contributed by atoms with E-state index in [1.54, 1.807) is 13.8 Å². The second kappa shape index (κ2) is 7.97. The van der Waals surface area contributed by atoms with E-state index in [0.717, 1.165) is 10.9 Å². The lowest BCUT2D eigenvalue weighted by atomic mass is 10.1. The standard InChI is InChI=1S/C14H17FN5O7P/c1-5(2)11(22)18-14-17-10-8(12(23)19-14)16-4-20(10)13-9(27-28(24)25)7(15)6(3-21)26-13/h4-7,9,13,21H,3H2,1-2H3,(H2-,17,18,19,22,23,24,25)/p+1/t6-,7+,9?,13?/m1/s1. The van der Waals surface area contributed by atoms with E-state index in [2.05, 4.69) is 20.3 Å². The number of imidazole rings is 1. The largest absolute Gasteiger partial charge is 0.695 e. The van der Waals surface area contributed by atoms with Gasteiger partial charge in [-0.05, 0) is 0 Å². The van der Waals surface area contributed by atoms with Crippen LogP contribution in [0.15, 0.2) is 11.1 Å². The van der Waals surface area contributed by atoms with Crippen LogP contribution in [0, 0.1) is 5.92 Å². The number of H-pyrrole nitrogens is 1. The smallest absolute Gasteiger partial charge is 0.394 e. The second-order valence-corrected chi connectivity index (χ2v) is 7.07. The van der Waals surface area contributed by atoms with Gasteiger partial charge in [-0.25, -0.2) is 9.37 Å². The fourth-order valence-electron chi connectivity index (χ4n) is 2.71. The summed E-state index contributed by atoms with van der Waals surface area (Å²) < 4.78 is 36.8. The normalized spacial score (nSPS) is 25.4. The number of halogens is 1. The van der Waals surface area contributed by atoms with E-state index in [0.29, 0.717) is 0 Å². The first-order valence-corrected chi connectivity index (χ1v) is 9.37. The second-order valence-electron chi connectivity index (χ2n) is 6.38. The maximum atomic E-state index is 14.4. The molecule has 5 atom stereocenters. The monoisotopic (exact) mass is 418 g/mol. The van der Waals surface area contributed by atoms with E-state index in [4.69, 9.17) is 14.2 Å². The molecule has 1 amide bonds. The van der Waals surface area contributed by atoms with Gasteiger partial charge in [-0.15, -0.1) is 9.42 Å². The number of ether oxygens (including phenoxy) is 1. The number of amides is 1. The predicted molar refractivity (Wildman–Crippen MR) is 92.2 cm³/mol. The number of carbonyl (C=O) groups is 1.